The molecule has 3 aromatic heterocycles. The smallest absolute Gasteiger partial charge is 0.256 e. The molecule has 0 saturated carbocycles. The Labute approximate surface area is 245 Å². The summed E-state index contributed by atoms with van der Waals surface area (Å²) >= 11 is 6.30. The van der Waals surface area contributed by atoms with Gasteiger partial charge in [0, 0.05) is 42.2 Å². The summed E-state index contributed by atoms with van der Waals surface area (Å²) in [6.07, 6.45) is 3.22. The summed E-state index contributed by atoms with van der Waals surface area (Å²) in [5.41, 5.74) is 2.33. The number of nitrogens with zero attached hydrogens (tertiary/aromatic N) is 4. The second-order valence-electron chi connectivity index (χ2n) is 10.2. The van der Waals surface area contributed by atoms with Gasteiger partial charge in [-0.3, -0.25) is 9.59 Å². The Hall–Kier alpha value is -4.99. The van der Waals surface area contributed by atoms with E-state index < -0.39 is 5.60 Å². The van der Waals surface area contributed by atoms with Crippen molar-refractivity contribution in [3.05, 3.63) is 135 Å². The van der Waals surface area contributed by atoms with Crippen LogP contribution in [0.2, 0.25) is 5.02 Å². The van der Waals surface area contributed by atoms with E-state index in [1.807, 2.05) is 24.3 Å². The molecule has 1 atom stereocenters. The summed E-state index contributed by atoms with van der Waals surface area (Å²) in [5, 5.41) is 20.4. The predicted molar refractivity (Wildman–Crippen MR) is 161 cm³/mol. The normalized spacial score (nSPS) is 12.8. The number of rotatable bonds is 6. The molecule has 210 valence electrons. The van der Waals surface area contributed by atoms with Crippen molar-refractivity contribution < 1.29 is 14.4 Å². The molecule has 0 aliphatic rings. The van der Waals surface area contributed by atoms with E-state index >= 15 is 0 Å². The lowest BCUT2D eigenvalue weighted by Gasteiger charge is -2.30. The highest BCUT2D eigenvalue weighted by Gasteiger charge is 2.37. The molecule has 0 bridgehead atoms. The quantitative estimate of drug-likeness (QED) is 0.272. The van der Waals surface area contributed by atoms with Crippen LogP contribution in [0.4, 0.5) is 5.82 Å². The number of carbonyl (C=O) groups excluding carboxylic acids is 1. The van der Waals surface area contributed by atoms with E-state index in [1.54, 1.807) is 97.3 Å². The summed E-state index contributed by atoms with van der Waals surface area (Å²) in [7, 11) is 3.51. The zero-order valence-corrected chi connectivity index (χ0v) is 23.8. The molecule has 3 aromatic carbocycles. The van der Waals surface area contributed by atoms with Crippen LogP contribution in [0.5, 0.6) is 0 Å². The number of benzene rings is 3. The van der Waals surface area contributed by atoms with Crippen LogP contribution >= 0.6 is 11.6 Å². The van der Waals surface area contributed by atoms with Crippen LogP contribution in [0.1, 0.15) is 32.9 Å². The Morgan fingerprint density at radius 1 is 1.00 bits per heavy atom. The molecule has 0 aliphatic heterocycles. The topological polar surface area (TPSA) is 115 Å². The zero-order chi connectivity index (χ0) is 29.6. The van der Waals surface area contributed by atoms with Gasteiger partial charge in [-0.2, -0.15) is 0 Å². The maximum atomic E-state index is 12.9. The van der Waals surface area contributed by atoms with Gasteiger partial charge in [0.05, 0.1) is 23.7 Å². The van der Waals surface area contributed by atoms with Crippen molar-refractivity contribution in [2.24, 2.45) is 14.1 Å². The van der Waals surface area contributed by atoms with Gasteiger partial charge in [0.15, 0.2) is 11.4 Å². The van der Waals surface area contributed by atoms with Crippen molar-refractivity contribution in [3.63, 3.8) is 0 Å². The Balaban J connectivity index is 1.50. The molecule has 2 N–H and O–H groups in total. The number of hydrogen-bond donors (Lipinski definition) is 2. The van der Waals surface area contributed by atoms with E-state index in [0.29, 0.717) is 50.1 Å². The summed E-state index contributed by atoms with van der Waals surface area (Å²) in [6.45, 7) is 1.74. The maximum absolute atomic E-state index is 12.9. The predicted octanol–water partition coefficient (Wildman–Crippen LogP) is 5.43. The monoisotopic (exact) mass is 579 g/mol. The van der Waals surface area contributed by atoms with Gasteiger partial charge in [-0.1, -0.05) is 47.1 Å². The molecule has 1 amide bonds. The third kappa shape index (κ3) is 4.68. The number of anilines is 1. The lowest BCUT2D eigenvalue weighted by Crippen LogP contribution is -2.31. The minimum atomic E-state index is -1.65. The van der Waals surface area contributed by atoms with Crippen LogP contribution in [0.25, 0.3) is 22.0 Å². The molecule has 42 heavy (non-hydrogen) atoms. The number of nitrogens with one attached hydrogen (secondary N) is 1. The zero-order valence-electron chi connectivity index (χ0n) is 23.0. The van der Waals surface area contributed by atoms with Crippen molar-refractivity contribution >= 4 is 34.2 Å². The lowest BCUT2D eigenvalue weighted by atomic mass is 9.82. The van der Waals surface area contributed by atoms with Gasteiger partial charge < -0.3 is 24.1 Å². The fourth-order valence-corrected chi connectivity index (χ4v) is 5.42. The van der Waals surface area contributed by atoms with Crippen molar-refractivity contribution in [1.29, 1.82) is 0 Å². The number of fused-ring (bicyclic) bond motifs is 1. The average molecular weight is 580 g/mol. The molecule has 0 aliphatic carbocycles. The van der Waals surface area contributed by atoms with E-state index in [-0.39, 0.29) is 11.5 Å². The molecular formula is C32H26ClN5O4. The SMILES string of the molecule is Cc1cc(NC(=O)c2ccc(C(O)(c3ccc4c(c3)c(-c3cccc(Cl)c3)cc(=O)n4C)c3cncn3C)cc2)no1. The first-order valence-corrected chi connectivity index (χ1v) is 13.5. The average Bonchev–Trinajstić information content (AvgIpc) is 3.61. The van der Waals surface area contributed by atoms with Gasteiger partial charge in [-0.25, -0.2) is 4.98 Å². The van der Waals surface area contributed by atoms with Gasteiger partial charge in [-0.15, -0.1) is 0 Å². The Morgan fingerprint density at radius 3 is 2.43 bits per heavy atom. The lowest BCUT2D eigenvalue weighted by molar-refractivity contribution is 0.102. The van der Waals surface area contributed by atoms with Gasteiger partial charge >= 0.3 is 0 Å². The van der Waals surface area contributed by atoms with Crippen LogP contribution in [0.15, 0.2) is 101 Å². The molecule has 0 radical (unpaired) electrons. The fraction of sp³-hybridized carbons (Fsp3) is 0.125. The highest BCUT2D eigenvalue weighted by atomic mass is 35.5. The molecule has 0 spiro atoms. The number of aryl methyl sites for hydroxylation is 3. The van der Waals surface area contributed by atoms with Crippen molar-refractivity contribution in [2.75, 3.05) is 5.32 Å². The van der Waals surface area contributed by atoms with Crippen molar-refractivity contribution in [2.45, 2.75) is 12.5 Å². The summed E-state index contributed by atoms with van der Waals surface area (Å²) in [4.78, 5) is 30.0. The summed E-state index contributed by atoms with van der Waals surface area (Å²) < 4.78 is 8.34. The van der Waals surface area contributed by atoms with E-state index in [4.69, 9.17) is 16.1 Å². The molecule has 0 saturated heterocycles. The first-order chi connectivity index (χ1) is 20.1. The fourth-order valence-electron chi connectivity index (χ4n) is 5.23. The molecule has 9 nitrogen and oxygen atoms in total. The minimum absolute atomic E-state index is 0.165. The van der Waals surface area contributed by atoms with Crippen LogP contribution in [-0.4, -0.2) is 30.3 Å². The van der Waals surface area contributed by atoms with Crippen LogP contribution < -0.4 is 10.9 Å². The number of imidazole rings is 1. The highest BCUT2D eigenvalue weighted by Crippen LogP contribution is 2.39. The van der Waals surface area contributed by atoms with E-state index in [1.165, 1.54) is 0 Å². The number of halogens is 1. The van der Waals surface area contributed by atoms with Crippen molar-refractivity contribution in [1.82, 2.24) is 19.3 Å². The second-order valence-corrected chi connectivity index (χ2v) is 10.6. The molecule has 6 rings (SSSR count). The van der Waals surface area contributed by atoms with Gasteiger partial charge in [0.25, 0.3) is 11.5 Å². The Kier molecular flexibility index (Phi) is 6.76. The summed E-state index contributed by atoms with van der Waals surface area (Å²) in [6, 6.07) is 22.7. The second kappa shape index (κ2) is 10.4. The van der Waals surface area contributed by atoms with Crippen LogP contribution in [0, 0.1) is 6.92 Å². The Bertz CT molecular complexity index is 2030. The molecule has 3 heterocycles. The van der Waals surface area contributed by atoms with Gasteiger partial charge in [0.1, 0.15) is 5.76 Å². The number of amides is 1. The largest absolute Gasteiger partial charge is 0.374 e. The van der Waals surface area contributed by atoms with E-state index in [2.05, 4.69) is 15.5 Å². The minimum Gasteiger partial charge on any atom is -0.374 e. The molecule has 1 unspecified atom stereocenters. The standard InChI is InChI=1S/C32H26ClN5O4/c1-19-13-29(36-42-19)35-31(40)20-7-9-22(10-8-20)32(41,28-17-34-18-37(28)2)23-11-12-27-26(15-23)25(16-30(39)38(27)3)21-5-4-6-24(33)14-21/h4-18,41H,1-3H3,(H,35,36,40). The van der Waals surface area contributed by atoms with E-state index in [0.717, 1.165) is 10.9 Å². The van der Waals surface area contributed by atoms with Crippen LogP contribution in [0.3, 0.4) is 0 Å². The first-order valence-electron chi connectivity index (χ1n) is 13.1. The third-order valence-corrected chi connectivity index (χ3v) is 7.66. The number of pyridine rings is 1. The molecular weight excluding hydrogens is 554 g/mol. The Morgan fingerprint density at radius 2 is 1.76 bits per heavy atom. The van der Waals surface area contributed by atoms with E-state index in [9.17, 15) is 14.7 Å². The molecule has 0 fully saturated rings. The number of hydrogen-bond acceptors (Lipinski definition) is 6. The maximum Gasteiger partial charge on any atom is 0.256 e. The van der Waals surface area contributed by atoms with Gasteiger partial charge in [0.2, 0.25) is 0 Å². The van der Waals surface area contributed by atoms with Crippen molar-refractivity contribution in [3.8, 4) is 11.1 Å². The first kappa shape index (κ1) is 27.2. The third-order valence-electron chi connectivity index (χ3n) is 7.42. The summed E-state index contributed by atoms with van der Waals surface area (Å²) in [5.74, 6) is 0.529. The molecule has 6 aromatic rings. The van der Waals surface area contributed by atoms with Crippen LogP contribution in [-0.2, 0) is 19.7 Å². The number of aromatic nitrogens is 4. The number of carbonyl (C=O) groups is 1. The highest BCUT2D eigenvalue weighted by molar-refractivity contribution is 6.30. The molecule has 10 heteroatoms. The number of aliphatic hydroxyl groups is 1. The van der Waals surface area contributed by atoms with Gasteiger partial charge in [-0.05, 0) is 65.6 Å².